The molecule has 0 saturated carbocycles. The van der Waals surface area contributed by atoms with E-state index >= 15 is 0 Å². The Labute approximate surface area is 124 Å². The summed E-state index contributed by atoms with van der Waals surface area (Å²) >= 11 is 0. The monoisotopic (exact) mass is 285 g/mol. The second kappa shape index (κ2) is 7.33. The van der Waals surface area contributed by atoms with E-state index in [0.29, 0.717) is 25.9 Å². The molecule has 0 aliphatic carbocycles. The fourth-order valence-corrected chi connectivity index (χ4v) is 2.12. The largest absolute Gasteiger partial charge is 0.508 e. The summed E-state index contributed by atoms with van der Waals surface area (Å²) in [4.78, 5) is 14.0. The van der Waals surface area contributed by atoms with E-state index in [1.165, 1.54) is 0 Å². The molecule has 2 aromatic rings. The van der Waals surface area contributed by atoms with Crippen molar-refractivity contribution in [3.63, 3.8) is 0 Å². The third-order valence-corrected chi connectivity index (χ3v) is 3.23. The molecule has 0 unspecified atom stereocenters. The highest BCUT2D eigenvalue weighted by molar-refractivity contribution is 5.76. The van der Waals surface area contributed by atoms with E-state index in [1.54, 1.807) is 35.4 Å². The summed E-state index contributed by atoms with van der Waals surface area (Å²) in [5.74, 6) is 0.980. The third-order valence-electron chi connectivity index (χ3n) is 3.23. The third kappa shape index (κ3) is 4.24. The number of hydrogen-bond acceptors (Lipinski definition) is 3. The van der Waals surface area contributed by atoms with E-state index in [-0.39, 0.29) is 11.7 Å². The molecule has 1 aromatic heterocycles. The van der Waals surface area contributed by atoms with Gasteiger partial charge in [0.25, 0.3) is 0 Å². The van der Waals surface area contributed by atoms with Crippen LogP contribution in [0.15, 0.2) is 59.7 Å². The van der Waals surface area contributed by atoms with E-state index in [9.17, 15) is 9.90 Å². The van der Waals surface area contributed by atoms with Crippen molar-refractivity contribution in [2.75, 3.05) is 6.54 Å². The van der Waals surface area contributed by atoms with Gasteiger partial charge in [0.2, 0.25) is 5.91 Å². The number of nitrogens with zero attached hydrogens (tertiary/aromatic N) is 1. The highest BCUT2D eigenvalue weighted by atomic mass is 16.3. The number of aryl methyl sites for hydroxylation is 1. The van der Waals surface area contributed by atoms with Crippen LogP contribution in [0.3, 0.4) is 0 Å². The highest BCUT2D eigenvalue weighted by Crippen LogP contribution is 2.18. The average Bonchev–Trinajstić information content (AvgIpc) is 2.99. The molecule has 0 fully saturated rings. The molecule has 2 rings (SSSR count). The van der Waals surface area contributed by atoms with E-state index < -0.39 is 0 Å². The molecule has 1 heterocycles. The Morgan fingerprint density at radius 2 is 2.10 bits per heavy atom. The lowest BCUT2D eigenvalue weighted by molar-refractivity contribution is -0.131. The fraction of sp³-hybridized carbons (Fsp3) is 0.235. The predicted octanol–water partition coefficient (Wildman–Crippen LogP) is 3.13. The standard InChI is InChI=1S/C17H19NO3/c1-2-11-18(13-15-7-5-12-21-15)17(20)10-9-14-6-3-4-8-16(14)19/h2-8,12,19H,1,9-11,13H2. The van der Waals surface area contributed by atoms with Crippen LogP contribution < -0.4 is 0 Å². The minimum atomic E-state index is 0.00885. The van der Waals surface area contributed by atoms with Gasteiger partial charge >= 0.3 is 0 Å². The van der Waals surface area contributed by atoms with E-state index in [2.05, 4.69) is 6.58 Å². The molecule has 4 heteroatoms. The first-order valence-corrected chi connectivity index (χ1v) is 6.88. The highest BCUT2D eigenvalue weighted by Gasteiger charge is 2.14. The summed E-state index contributed by atoms with van der Waals surface area (Å²) in [6, 6.07) is 10.7. The van der Waals surface area contributed by atoms with Crippen molar-refractivity contribution in [1.29, 1.82) is 0 Å². The van der Waals surface area contributed by atoms with Crippen LogP contribution in [-0.4, -0.2) is 22.5 Å². The lowest BCUT2D eigenvalue weighted by atomic mass is 10.1. The van der Waals surface area contributed by atoms with Crippen LogP contribution >= 0.6 is 0 Å². The topological polar surface area (TPSA) is 53.7 Å². The van der Waals surface area contributed by atoms with Crippen LogP contribution in [0.5, 0.6) is 5.75 Å². The van der Waals surface area contributed by atoms with Gasteiger partial charge in [0, 0.05) is 13.0 Å². The fourth-order valence-electron chi connectivity index (χ4n) is 2.12. The second-order valence-electron chi connectivity index (χ2n) is 4.77. The van der Waals surface area contributed by atoms with Gasteiger partial charge in [-0.15, -0.1) is 6.58 Å². The Balaban J connectivity index is 1.95. The molecule has 0 spiro atoms. The van der Waals surface area contributed by atoms with Crippen molar-refractivity contribution in [2.45, 2.75) is 19.4 Å². The van der Waals surface area contributed by atoms with Crippen molar-refractivity contribution in [3.05, 3.63) is 66.6 Å². The van der Waals surface area contributed by atoms with Crippen LogP contribution in [0.25, 0.3) is 0 Å². The van der Waals surface area contributed by atoms with Crippen LogP contribution in [0.1, 0.15) is 17.7 Å². The van der Waals surface area contributed by atoms with Crippen LogP contribution in [-0.2, 0) is 17.8 Å². The van der Waals surface area contributed by atoms with Gasteiger partial charge in [0.1, 0.15) is 11.5 Å². The Morgan fingerprint density at radius 3 is 2.76 bits per heavy atom. The molecule has 1 amide bonds. The van der Waals surface area contributed by atoms with Gasteiger partial charge < -0.3 is 14.4 Å². The van der Waals surface area contributed by atoms with Crippen molar-refractivity contribution in [1.82, 2.24) is 4.90 Å². The van der Waals surface area contributed by atoms with Crippen LogP contribution in [0.2, 0.25) is 0 Å². The maximum Gasteiger partial charge on any atom is 0.223 e. The normalized spacial score (nSPS) is 10.3. The minimum absolute atomic E-state index is 0.00885. The molecule has 1 N–H and O–H groups in total. The predicted molar refractivity (Wildman–Crippen MR) is 80.7 cm³/mol. The number of phenols is 1. The van der Waals surface area contributed by atoms with Gasteiger partial charge in [-0.05, 0) is 30.2 Å². The number of para-hydroxylation sites is 1. The Bertz CT molecular complexity index is 590. The average molecular weight is 285 g/mol. The number of aromatic hydroxyl groups is 1. The second-order valence-corrected chi connectivity index (χ2v) is 4.77. The molecule has 0 radical (unpaired) electrons. The maximum absolute atomic E-state index is 12.3. The van der Waals surface area contributed by atoms with Gasteiger partial charge in [-0.2, -0.15) is 0 Å². The maximum atomic E-state index is 12.3. The molecule has 0 atom stereocenters. The number of furan rings is 1. The number of carbonyl (C=O) groups excluding carboxylic acids is 1. The Hall–Kier alpha value is -2.49. The van der Waals surface area contributed by atoms with Gasteiger partial charge in [0.15, 0.2) is 0 Å². The molecule has 0 bridgehead atoms. The van der Waals surface area contributed by atoms with Crippen molar-refractivity contribution >= 4 is 5.91 Å². The smallest absolute Gasteiger partial charge is 0.223 e. The minimum Gasteiger partial charge on any atom is -0.508 e. The Morgan fingerprint density at radius 1 is 1.29 bits per heavy atom. The molecular formula is C17H19NO3. The Kier molecular flexibility index (Phi) is 5.21. The number of phenolic OH excluding ortho intramolecular Hbond substituents is 1. The number of carbonyl (C=O) groups is 1. The molecule has 21 heavy (non-hydrogen) atoms. The molecule has 4 nitrogen and oxygen atoms in total. The summed E-state index contributed by atoms with van der Waals surface area (Å²) in [6.45, 7) is 4.58. The zero-order valence-corrected chi connectivity index (χ0v) is 11.9. The molecular weight excluding hydrogens is 266 g/mol. The molecule has 0 saturated heterocycles. The van der Waals surface area contributed by atoms with Gasteiger partial charge in [-0.1, -0.05) is 24.3 Å². The summed E-state index contributed by atoms with van der Waals surface area (Å²) in [5, 5.41) is 9.72. The van der Waals surface area contributed by atoms with Gasteiger partial charge in [-0.25, -0.2) is 0 Å². The van der Waals surface area contributed by atoms with Crippen molar-refractivity contribution < 1.29 is 14.3 Å². The molecule has 110 valence electrons. The van der Waals surface area contributed by atoms with Gasteiger partial charge in [0.05, 0.1) is 12.8 Å². The number of amides is 1. The summed E-state index contributed by atoms with van der Waals surface area (Å²) in [7, 11) is 0. The molecule has 0 aliphatic rings. The van der Waals surface area contributed by atoms with Crippen LogP contribution in [0.4, 0.5) is 0 Å². The summed E-state index contributed by atoms with van der Waals surface area (Å²) in [5.41, 5.74) is 0.780. The first-order valence-electron chi connectivity index (χ1n) is 6.88. The first kappa shape index (κ1) is 14.9. The van der Waals surface area contributed by atoms with Crippen molar-refractivity contribution in [3.8, 4) is 5.75 Å². The molecule has 1 aromatic carbocycles. The molecule has 0 aliphatic heterocycles. The lowest BCUT2D eigenvalue weighted by Gasteiger charge is -2.20. The first-order chi connectivity index (χ1) is 10.2. The zero-order valence-electron chi connectivity index (χ0n) is 11.9. The van der Waals surface area contributed by atoms with E-state index in [4.69, 9.17) is 4.42 Å². The van der Waals surface area contributed by atoms with E-state index in [0.717, 1.165) is 11.3 Å². The van der Waals surface area contributed by atoms with Crippen molar-refractivity contribution in [2.24, 2.45) is 0 Å². The van der Waals surface area contributed by atoms with Crippen LogP contribution in [0, 0.1) is 0 Å². The number of rotatable bonds is 7. The summed E-state index contributed by atoms with van der Waals surface area (Å²) < 4.78 is 5.27. The lowest BCUT2D eigenvalue weighted by Crippen LogP contribution is -2.30. The van der Waals surface area contributed by atoms with Gasteiger partial charge in [-0.3, -0.25) is 4.79 Å². The van der Waals surface area contributed by atoms with E-state index in [1.807, 2.05) is 18.2 Å². The SMILES string of the molecule is C=CCN(Cc1ccco1)C(=O)CCc1ccccc1O. The summed E-state index contributed by atoms with van der Waals surface area (Å²) in [6.07, 6.45) is 4.14. The number of hydrogen-bond donors (Lipinski definition) is 1. The number of benzene rings is 1. The zero-order chi connectivity index (χ0) is 15.1. The quantitative estimate of drug-likeness (QED) is 0.795.